The van der Waals surface area contributed by atoms with Crippen LogP contribution in [0.15, 0.2) is 0 Å². The largest absolute Gasteiger partial charge is 0.463 e. The van der Waals surface area contributed by atoms with Crippen molar-refractivity contribution in [1.82, 2.24) is 0 Å². The normalized spacial score (nSPS) is 12.0. The maximum Gasteiger partial charge on any atom is 0.306 e. The van der Waals surface area contributed by atoms with Crippen molar-refractivity contribution in [2.45, 2.75) is 40.0 Å². The fourth-order valence-electron chi connectivity index (χ4n) is 2.04. The lowest BCUT2D eigenvalue weighted by Crippen LogP contribution is -2.16. The van der Waals surface area contributed by atoms with Crippen LogP contribution in [0.3, 0.4) is 0 Å². The van der Waals surface area contributed by atoms with Gasteiger partial charge in [0, 0.05) is 26.1 Å². The molecule has 0 aromatic carbocycles. The molecule has 0 aliphatic heterocycles. The Labute approximate surface area is 162 Å². The van der Waals surface area contributed by atoms with Gasteiger partial charge in [-0.25, -0.2) is 0 Å². The van der Waals surface area contributed by atoms with Gasteiger partial charge in [0.05, 0.1) is 39.6 Å². The van der Waals surface area contributed by atoms with Gasteiger partial charge in [-0.05, 0) is 26.2 Å². The standard InChI is InChI=1S/C19H36O8/c1-4-22-8-10-24-12-14-26-18(20)7-6-17(3)16-19(21)27-15-13-25-11-9-23-5-2/h17H,4-16H2,1-3H3. The Bertz CT molecular complexity index is 362. The van der Waals surface area contributed by atoms with E-state index in [2.05, 4.69) is 0 Å². The molecular weight excluding hydrogens is 356 g/mol. The quantitative estimate of drug-likeness (QED) is 0.244. The lowest BCUT2D eigenvalue weighted by Gasteiger charge is -2.11. The van der Waals surface area contributed by atoms with E-state index in [9.17, 15) is 9.59 Å². The SMILES string of the molecule is CCOCCOCCOC(=O)CCC(C)CC(=O)OCCOCCOCC. The summed E-state index contributed by atoms with van der Waals surface area (Å²) in [6.45, 7) is 10.3. The molecule has 0 bridgehead atoms. The van der Waals surface area contributed by atoms with Crippen molar-refractivity contribution in [3.63, 3.8) is 0 Å². The van der Waals surface area contributed by atoms with Gasteiger partial charge >= 0.3 is 11.9 Å². The molecule has 0 saturated carbocycles. The van der Waals surface area contributed by atoms with E-state index in [1.54, 1.807) is 0 Å². The third-order valence-corrected chi connectivity index (χ3v) is 3.49. The van der Waals surface area contributed by atoms with Gasteiger partial charge in [-0.1, -0.05) is 6.92 Å². The van der Waals surface area contributed by atoms with Crippen LogP contribution in [0.25, 0.3) is 0 Å². The van der Waals surface area contributed by atoms with E-state index < -0.39 is 0 Å². The number of hydrogen-bond donors (Lipinski definition) is 0. The highest BCUT2D eigenvalue weighted by molar-refractivity contribution is 5.70. The van der Waals surface area contributed by atoms with Gasteiger partial charge in [0.25, 0.3) is 0 Å². The molecule has 1 unspecified atom stereocenters. The third-order valence-electron chi connectivity index (χ3n) is 3.49. The minimum absolute atomic E-state index is 0.0476. The van der Waals surface area contributed by atoms with Crippen molar-refractivity contribution in [2.75, 3.05) is 66.1 Å². The Morgan fingerprint density at radius 2 is 1.11 bits per heavy atom. The molecule has 0 radical (unpaired) electrons. The molecule has 0 N–H and O–H groups in total. The fraction of sp³-hybridized carbons (Fsp3) is 0.895. The molecule has 0 fully saturated rings. The monoisotopic (exact) mass is 392 g/mol. The third kappa shape index (κ3) is 19.3. The van der Waals surface area contributed by atoms with Crippen LogP contribution >= 0.6 is 0 Å². The molecule has 0 spiro atoms. The summed E-state index contributed by atoms with van der Waals surface area (Å²) in [5, 5.41) is 0. The summed E-state index contributed by atoms with van der Waals surface area (Å²) in [6.07, 6.45) is 1.12. The number of esters is 2. The predicted molar refractivity (Wildman–Crippen MR) is 99.6 cm³/mol. The zero-order valence-corrected chi connectivity index (χ0v) is 17.0. The summed E-state index contributed by atoms with van der Waals surface area (Å²) >= 11 is 0. The first-order valence-electron chi connectivity index (χ1n) is 9.72. The summed E-state index contributed by atoms with van der Waals surface area (Å²) in [4.78, 5) is 23.3. The molecule has 0 rings (SSSR count). The predicted octanol–water partition coefficient (Wildman–Crippen LogP) is 1.99. The fourth-order valence-corrected chi connectivity index (χ4v) is 2.04. The summed E-state index contributed by atoms with van der Waals surface area (Å²) in [7, 11) is 0. The van der Waals surface area contributed by atoms with Crippen molar-refractivity contribution in [2.24, 2.45) is 5.92 Å². The molecule has 8 heteroatoms. The molecule has 0 aromatic heterocycles. The van der Waals surface area contributed by atoms with Crippen molar-refractivity contribution < 1.29 is 38.0 Å². The van der Waals surface area contributed by atoms with Gasteiger partial charge in [0.2, 0.25) is 0 Å². The number of rotatable bonds is 19. The Hall–Kier alpha value is -1.22. The highest BCUT2D eigenvalue weighted by atomic mass is 16.6. The molecule has 0 saturated heterocycles. The molecule has 0 heterocycles. The van der Waals surface area contributed by atoms with Gasteiger partial charge < -0.3 is 28.4 Å². The summed E-state index contributed by atoms with van der Waals surface area (Å²) < 4.78 is 30.9. The lowest BCUT2D eigenvalue weighted by molar-refractivity contribution is -0.148. The van der Waals surface area contributed by atoms with Crippen LogP contribution in [0, 0.1) is 5.92 Å². The Morgan fingerprint density at radius 3 is 1.63 bits per heavy atom. The van der Waals surface area contributed by atoms with E-state index in [4.69, 9.17) is 28.4 Å². The molecule has 0 aliphatic carbocycles. The first-order chi connectivity index (χ1) is 13.1. The van der Waals surface area contributed by atoms with E-state index in [1.165, 1.54) is 0 Å². The lowest BCUT2D eigenvalue weighted by atomic mass is 10.0. The Morgan fingerprint density at radius 1 is 0.667 bits per heavy atom. The zero-order valence-electron chi connectivity index (χ0n) is 17.0. The van der Waals surface area contributed by atoms with Gasteiger partial charge in [-0.3, -0.25) is 9.59 Å². The van der Waals surface area contributed by atoms with E-state index in [1.807, 2.05) is 20.8 Å². The second-order valence-electron chi connectivity index (χ2n) is 5.91. The Balaban J connectivity index is 3.50. The van der Waals surface area contributed by atoms with Crippen LogP contribution < -0.4 is 0 Å². The first-order valence-corrected chi connectivity index (χ1v) is 9.72. The topological polar surface area (TPSA) is 89.5 Å². The summed E-state index contributed by atoms with van der Waals surface area (Å²) in [6, 6.07) is 0. The highest BCUT2D eigenvalue weighted by Crippen LogP contribution is 2.11. The smallest absolute Gasteiger partial charge is 0.306 e. The molecule has 0 amide bonds. The number of carbonyl (C=O) groups excluding carboxylic acids is 2. The van der Waals surface area contributed by atoms with Crippen molar-refractivity contribution in [3.05, 3.63) is 0 Å². The maximum absolute atomic E-state index is 11.7. The van der Waals surface area contributed by atoms with Gasteiger partial charge in [0.15, 0.2) is 0 Å². The van der Waals surface area contributed by atoms with Gasteiger partial charge in [-0.15, -0.1) is 0 Å². The van der Waals surface area contributed by atoms with Crippen LogP contribution in [-0.2, 0) is 38.0 Å². The minimum Gasteiger partial charge on any atom is -0.463 e. The summed E-state index contributed by atoms with van der Waals surface area (Å²) in [5.41, 5.74) is 0. The second-order valence-corrected chi connectivity index (χ2v) is 5.91. The molecule has 8 nitrogen and oxygen atoms in total. The first kappa shape index (κ1) is 25.8. The zero-order chi connectivity index (χ0) is 20.2. The van der Waals surface area contributed by atoms with E-state index in [0.29, 0.717) is 59.3 Å². The van der Waals surface area contributed by atoms with Gasteiger partial charge in [-0.2, -0.15) is 0 Å². The Kier molecular flexibility index (Phi) is 18.7. The molecule has 0 aromatic rings. The van der Waals surface area contributed by atoms with Gasteiger partial charge in [0.1, 0.15) is 13.2 Å². The number of ether oxygens (including phenoxy) is 6. The van der Waals surface area contributed by atoms with E-state index in [0.717, 1.165) is 0 Å². The van der Waals surface area contributed by atoms with Crippen molar-refractivity contribution >= 4 is 11.9 Å². The second kappa shape index (κ2) is 19.5. The number of hydrogen-bond acceptors (Lipinski definition) is 8. The molecule has 27 heavy (non-hydrogen) atoms. The number of carbonyl (C=O) groups is 2. The highest BCUT2D eigenvalue weighted by Gasteiger charge is 2.13. The average Bonchev–Trinajstić information content (AvgIpc) is 2.65. The van der Waals surface area contributed by atoms with Crippen LogP contribution in [0.1, 0.15) is 40.0 Å². The van der Waals surface area contributed by atoms with Crippen LogP contribution in [-0.4, -0.2) is 78.0 Å². The molecule has 0 aliphatic rings. The maximum atomic E-state index is 11.7. The minimum atomic E-state index is -0.286. The molecule has 160 valence electrons. The van der Waals surface area contributed by atoms with E-state index >= 15 is 0 Å². The average molecular weight is 392 g/mol. The molecular formula is C19H36O8. The van der Waals surface area contributed by atoms with Crippen LogP contribution in [0.4, 0.5) is 0 Å². The summed E-state index contributed by atoms with van der Waals surface area (Å²) in [5.74, 6) is -0.523. The van der Waals surface area contributed by atoms with Crippen molar-refractivity contribution in [1.29, 1.82) is 0 Å². The van der Waals surface area contributed by atoms with E-state index in [-0.39, 0.29) is 43.9 Å². The van der Waals surface area contributed by atoms with Crippen LogP contribution in [0.5, 0.6) is 0 Å². The molecule has 1 atom stereocenters. The van der Waals surface area contributed by atoms with Crippen molar-refractivity contribution in [3.8, 4) is 0 Å². The van der Waals surface area contributed by atoms with Crippen LogP contribution in [0.2, 0.25) is 0 Å².